The fourth-order valence-corrected chi connectivity index (χ4v) is 5.19. The second kappa shape index (κ2) is 9.89. The third-order valence-corrected chi connectivity index (χ3v) is 6.96. The lowest BCUT2D eigenvalue weighted by atomic mass is 9.83. The Morgan fingerprint density at radius 3 is 2.73 bits per heavy atom. The zero-order valence-corrected chi connectivity index (χ0v) is 18.9. The molecule has 174 valence electrons. The van der Waals surface area contributed by atoms with Gasteiger partial charge >= 0.3 is 0 Å². The second-order valence-electron chi connectivity index (χ2n) is 9.01. The van der Waals surface area contributed by atoms with E-state index in [9.17, 15) is 9.59 Å². The molecule has 2 saturated heterocycles. The van der Waals surface area contributed by atoms with Crippen LogP contribution < -0.4 is 10.2 Å². The van der Waals surface area contributed by atoms with E-state index in [1.807, 2.05) is 23.1 Å². The first-order valence-electron chi connectivity index (χ1n) is 11.8. The van der Waals surface area contributed by atoms with Crippen molar-refractivity contribution in [1.29, 1.82) is 0 Å². The van der Waals surface area contributed by atoms with Crippen molar-refractivity contribution < 1.29 is 14.3 Å². The summed E-state index contributed by atoms with van der Waals surface area (Å²) in [6.45, 7) is 5.73. The van der Waals surface area contributed by atoms with E-state index < -0.39 is 0 Å². The molecule has 1 aromatic heterocycles. The van der Waals surface area contributed by atoms with E-state index >= 15 is 0 Å². The number of ether oxygens (including phenoxy) is 1. The number of carbonyl (C=O) groups excluding carboxylic acids is 2. The molecule has 0 saturated carbocycles. The maximum absolute atomic E-state index is 13.3. The molecule has 2 amide bonds. The Labute approximate surface area is 194 Å². The number of benzene rings is 1. The SMILES string of the molecule is O=C(NCc1cccnc1)[C@H]1Cc2ccccc2N2CCN(CC(=O)N3CCOCC3)C[C@H]12. The maximum Gasteiger partial charge on any atom is 0.236 e. The fraction of sp³-hybridized carbons (Fsp3) is 0.480. The predicted molar refractivity (Wildman–Crippen MR) is 125 cm³/mol. The Balaban J connectivity index is 1.30. The van der Waals surface area contributed by atoms with Crippen LogP contribution in [0.3, 0.4) is 0 Å². The van der Waals surface area contributed by atoms with E-state index in [1.54, 1.807) is 12.4 Å². The van der Waals surface area contributed by atoms with Crippen molar-refractivity contribution >= 4 is 17.5 Å². The van der Waals surface area contributed by atoms with Crippen molar-refractivity contribution in [3.05, 3.63) is 59.9 Å². The molecule has 0 unspecified atom stereocenters. The highest BCUT2D eigenvalue weighted by molar-refractivity contribution is 5.82. The van der Waals surface area contributed by atoms with Crippen LogP contribution in [0.1, 0.15) is 11.1 Å². The standard InChI is InChI=1S/C25H31N5O3/c31-24(29-10-12-33-13-11-29)18-28-8-9-30-22-6-2-1-5-20(22)14-21(23(30)17-28)25(32)27-16-19-4-3-7-26-15-19/h1-7,15,21,23H,8-14,16-18H2,(H,27,32)/t21-,23+/m0/s1. The second-order valence-corrected chi connectivity index (χ2v) is 9.01. The number of nitrogens with one attached hydrogen (secondary N) is 1. The summed E-state index contributed by atoms with van der Waals surface area (Å²) in [7, 11) is 0. The van der Waals surface area contributed by atoms with Crippen LogP contribution in [0.15, 0.2) is 48.8 Å². The van der Waals surface area contributed by atoms with Crippen molar-refractivity contribution in [3.63, 3.8) is 0 Å². The number of hydrogen-bond donors (Lipinski definition) is 1. The van der Waals surface area contributed by atoms with Crippen molar-refractivity contribution in [1.82, 2.24) is 20.1 Å². The van der Waals surface area contributed by atoms with Gasteiger partial charge in [-0.15, -0.1) is 0 Å². The Morgan fingerprint density at radius 1 is 1.06 bits per heavy atom. The van der Waals surface area contributed by atoms with Gasteiger partial charge in [0.15, 0.2) is 0 Å². The zero-order valence-electron chi connectivity index (χ0n) is 18.9. The van der Waals surface area contributed by atoms with Gasteiger partial charge in [0, 0.05) is 57.3 Å². The van der Waals surface area contributed by atoms with Crippen LogP contribution in [0.5, 0.6) is 0 Å². The molecule has 2 atom stereocenters. The van der Waals surface area contributed by atoms with Crippen molar-refractivity contribution in [2.24, 2.45) is 5.92 Å². The molecule has 8 nitrogen and oxygen atoms in total. The van der Waals surface area contributed by atoms with E-state index in [-0.39, 0.29) is 23.8 Å². The van der Waals surface area contributed by atoms with Gasteiger partial charge in [0.05, 0.1) is 31.7 Å². The lowest BCUT2D eigenvalue weighted by molar-refractivity contribution is -0.136. The van der Waals surface area contributed by atoms with Gasteiger partial charge in [0.2, 0.25) is 11.8 Å². The molecule has 33 heavy (non-hydrogen) atoms. The normalized spacial score (nSPS) is 22.9. The van der Waals surface area contributed by atoms with Gasteiger partial charge in [-0.25, -0.2) is 0 Å². The molecular formula is C25H31N5O3. The molecule has 2 fully saturated rings. The molecule has 0 bridgehead atoms. The molecule has 3 aliphatic rings. The van der Waals surface area contributed by atoms with Gasteiger partial charge in [-0.05, 0) is 29.7 Å². The average Bonchev–Trinajstić information content (AvgIpc) is 2.88. The smallest absolute Gasteiger partial charge is 0.236 e. The highest BCUT2D eigenvalue weighted by Crippen LogP contribution is 2.36. The average molecular weight is 450 g/mol. The van der Waals surface area contributed by atoms with Crippen LogP contribution >= 0.6 is 0 Å². The first-order chi connectivity index (χ1) is 16.2. The summed E-state index contributed by atoms with van der Waals surface area (Å²) in [4.78, 5) is 36.8. The van der Waals surface area contributed by atoms with Gasteiger partial charge < -0.3 is 19.9 Å². The number of amides is 2. The van der Waals surface area contributed by atoms with Gasteiger partial charge in [0.1, 0.15) is 0 Å². The summed E-state index contributed by atoms with van der Waals surface area (Å²) in [6, 6.07) is 12.3. The molecule has 4 heterocycles. The van der Waals surface area contributed by atoms with Crippen LogP contribution in [0, 0.1) is 5.92 Å². The molecule has 0 spiro atoms. The Morgan fingerprint density at radius 2 is 1.91 bits per heavy atom. The molecule has 1 aromatic carbocycles. The Hall–Kier alpha value is -2.97. The number of nitrogens with zero attached hydrogens (tertiary/aromatic N) is 4. The summed E-state index contributed by atoms with van der Waals surface area (Å²) >= 11 is 0. The van der Waals surface area contributed by atoms with Crippen molar-refractivity contribution in [3.8, 4) is 0 Å². The van der Waals surface area contributed by atoms with Gasteiger partial charge in [-0.2, -0.15) is 0 Å². The number of para-hydroxylation sites is 1. The highest BCUT2D eigenvalue weighted by Gasteiger charge is 2.41. The molecule has 0 radical (unpaired) electrons. The topological polar surface area (TPSA) is 78.0 Å². The van der Waals surface area contributed by atoms with Gasteiger partial charge in [-0.1, -0.05) is 24.3 Å². The molecule has 0 aliphatic carbocycles. The predicted octanol–water partition coefficient (Wildman–Crippen LogP) is 0.920. The number of rotatable bonds is 5. The van der Waals surface area contributed by atoms with E-state index in [0.29, 0.717) is 52.4 Å². The number of fused-ring (bicyclic) bond motifs is 3. The van der Waals surface area contributed by atoms with Crippen molar-refractivity contribution in [2.75, 3.05) is 57.4 Å². The lowest BCUT2D eigenvalue weighted by Gasteiger charge is -2.49. The number of hydrogen-bond acceptors (Lipinski definition) is 6. The monoisotopic (exact) mass is 449 g/mol. The molecule has 5 rings (SSSR count). The third-order valence-electron chi connectivity index (χ3n) is 6.96. The third kappa shape index (κ3) is 4.86. The van der Waals surface area contributed by atoms with Crippen LogP contribution in [0.4, 0.5) is 5.69 Å². The number of pyridine rings is 1. The number of morpholine rings is 1. The molecular weight excluding hydrogens is 418 g/mol. The summed E-state index contributed by atoms with van der Waals surface area (Å²) < 4.78 is 5.38. The van der Waals surface area contributed by atoms with Crippen LogP contribution in [0.2, 0.25) is 0 Å². The highest BCUT2D eigenvalue weighted by atomic mass is 16.5. The molecule has 2 aromatic rings. The van der Waals surface area contributed by atoms with E-state index in [0.717, 1.165) is 18.7 Å². The first-order valence-corrected chi connectivity index (χ1v) is 11.8. The summed E-state index contributed by atoms with van der Waals surface area (Å²) in [6.07, 6.45) is 4.22. The van der Waals surface area contributed by atoms with Crippen LogP contribution in [-0.4, -0.2) is 85.1 Å². The van der Waals surface area contributed by atoms with Gasteiger partial charge in [0.25, 0.3) is 0 Å². The summed E-state index contributed by atoms with van der Waals surface area (Å²) in [5.41, 5.74) is 3.42. The summed E-state index contributed by atoms with van der Waals surface area (Å²) in [5, 5.41) is 3.13. The minimum absolute atomic E-state index is 0.0417. The Bertz CT molecular complexity index is 979. The maximum atomic E-state index is 13.3. The largest absolute Gasteiger partial charge is 0.378 e. The molecule has 3 aliphatic heterocycles. The minimum atomic E-state index is -0.169. The number of anilines is 1. The van der Waals surface area contributed by atoms with Crippen LogP contribution in [0.25, 0.3) is 0 Å². The lowest BCUT2D eigenvalue weighted by Crippen LogP contribution is -2.62. The number of carbonyl (C=O) groups is 2. The number of piperazine rings is 1. The van der Waals surface area contributed by atoms with E-state index in [4.69, 9.17) is 4.74 Å². The quantitative estimate of drug-likeness (QED) is 0.732. The molecule has 1 N–H and O–H groups in total. The van der Waals surface area contributed by atoms with E-state index in [2.05, 4.69) is 38.3 Å². The van der Waals surface area contributed by atoms with E-state index in [1.165, 1.54) is 11.3 Å². The fourth-order valence-electron chi connectivity index (χ4n) is 5.19. The Kier molecular flexibility index (Phi) is 6.55. The number of aromatic nitrogens is 1. The van der Waals surface area contributed by atoms with Crippen LogP contribution in [-0.2, 0) is 27.3 Å². The minimum Gasteiger partial charge on any atom is -0.378 e. The summed E-state index contributed by atoms with van der Waals surface area (Å²) in [5.74, 6) is 0.0445. The zero-order chi connectivity index (χ0) is 22.6. The molecule has 8 heteroatoms. The van der Waals surface area contributed by atoms with Gasteiger partial charge in [-0.3, -0.25) is 19.5 Å². The first kappa shape index (κ1) is 21.9. The van der Waals surface area contributed by atoms with Crippen molar-refractivity contribution in [2.45, 2.75) is 19.0 Å².